The zero-order valence-corrected chi connectivity index (χ0v) is 20.0. The lowest BCUT2D eigenvalue weighted by atomic mass is 10.0. The molecular formula is C25H29N4O3S+. The lowest BCUT2D eigenvalue weighted by Gasteiger charge is -2.31. The van der Waals surface area contributed by atoms with Gasteiger partial charge in [-0.3, -0.25) is 14.6 Å². The molecule has 4 rings (SSSR count). The Balaban J connectivity index is 1.87. The van der Waals surface area contributed by atoms with E-state index in [-0.39, 0.29) is 11.5 Å². The van der Waals surface area contributed by atoms with Crippen molar-refractivity contribution in [2.75, 3.05) is 17.3 Å². The number of unbranched alkanes of at least 4 members (excludes halogenated alkanes) is 2. The Morgan fingerprint density at radius 1 is 1.15 bits per heavy atom. The maximum atomic E-state index is 13.3. The quantitative estimate of drug-likeness (QED) is 0.305. The molecule has 1 N–H and O–H groups in total. The maximum Gasteiger partial charge on any atom is 0.325 e. The second kappa shape index (κ2) is 10.2. The van der Waals surface area contributed by atoms with E-state index in [0.29, 0.717) is 28.7 Å². The third-order valence-electron chi connectivity index (χ3n) is 5.57. The van der Waals surface area contributed by atoms with E-state index >= 15 is 0 Å². The number of rotatable bonds is 8. The fourth-order valence-corrected chi connectivity index (χ4v) is 4.95. The lowest BCUT2D eigenvalue weighted by Crippen LogP contribution is -2.60. The van der Waals surface area contributed by atoms with Crippen LogP contribution >= 0.6 is 11.8 Å². The minimum absolute atomic E-state index is 0.126. The third-order valence-corrected chi connectivity index (χ3v) is 6.52. The van der Waals surface area contributed by atoms with Crippen molar-refractivity contribution in [3.8, 4) is 17.0 Å². The summed E-state index contributed by atoms with van der Waals surface area (Å²) in [6.07, 6.45) is 2.74. The number of aromatic nitrogens is 3. The van der Waals surface area contributed by atoms with Crippen LogP contribution in [-0.4, -0.2) is 28.3 Å². The molecule has 172 valence electrons. The van der Waals surface area contributed by atoms with Crippen LogP contribution < -0.4 is 19.9 Å². The summed E-state index contributed by atoms with van der Waals surface area (Å²) in [4.78, 5) is 30.8. The average molecular weight is 466 g/mol. The van der Waals surface area contributed by atoms with Crippen LogP contribution in [0.25, 0.3) is 11.3 Å². The zero-order valence-electron chi connectivity index (χ0n) is 19.2. The van der Waals surface area contributed by atoms with Crippen LogP contribution in [0.1, 0.15) is 51.8 Å². The Bertz CT molecular complexity index is 1190. The number of hydrogen-bond acceptors (Lipinski definition) is 5. The molecule has 0 saturated carbocycles. The van der Waals surface area contributed by atoms with E-state index < -0.39 is 6.17 Å². The van der Waals surface area contributed by atoms with Gasteiger partial charge in [0.1, 0.15) is 5.75 Å². The van der Waals surface area contributed by atoms with E-state index in [4.69, 9.17) is 9.84 Å². The van der Waals surface area contributed by atoms with Gasteiger partial charge in [0, 0.05) is 23.3 Å². The summed E-state index contributed by atoms with van der Waals surface area (Å²) in [5.74, 6) is 1.50. The number of H-pyrrole nitrogens is 1. The third kappa shape index (κ3) is 4.66. The van der Waals surface area contributed by atoms with Crippen LogP contribution in [0.5, 0.6) is 5.75 Å². The molecule has 0 radical (unpaired) electrons. The van der Waals surface area contributed by atoms with Gasteiger partial charge in [0.25, 0.3) is 6.17 Å². The first-order valence-electron chi connectivity index (χ1n) is 11.4. The topological polar surface area (TPSA) is 79.2 Å². The van der Waals surface area contributed by atoms with Gasteiger partial charge in [0.15, 0.2) is 0 Å². The molecule has 0 fully saturated rings. The van der Waals surface area contributed by atoms with E-state index in [1.165, 1.54) is 18.7 Å². The molecule has 2 aromatic carbocycles. The summed E-state index contributed by atoms with van der Waals surface area (Å²) >= 11 is 1.53. The van der Waals surface area contributed by atoms with Crippen molar-refractivity contribution >= 4 is 23.4 Å². The molecule has 8 heteroatoms. The predicted molar refractivity (Wildman–Crippen MR) is 130 cm³/mol. The number of thioether (sulfide) groups is 1. The Kier molecular flexibility index (Phi) is 7.13. The van der Waals surface area contributed by atoms with Crippen molar-refractivity contribution in [3.63, 3.8) is 0 Å². The first kappa shape index (κ1) is 23.0. The fourth-order valence-electron chi connectivity index (χ4n) is 4.10. The summed E-state index contributed by atoms with van der Waals surface area (Å²) in [6.45, 7) is 6.21. The van der Waals surface area contributed by atoms with Gasteiger partial charge in [0.05, 0.1) is 17.9 Å². The molecule has 1 aliphatic rings. The SMILES string of the molecule is CCCCCSc1n[n+]2c(c(=O)[nH]1)-c1ccccc1N(C(C)=O)[C@@H]2c1ccc(OCC)cc1. The van der Waals surface area contributed by atoms with Crippen molar-refractivity contribution in [2.24, 2.45) is 0 Å². The van der Waals surface area contributed by atoms with Crippen molar-refractivity contribution < 1.29 is 14.2 Å². The molecule has 0 bridgehead atoms. The molecule has 1 aliphatic heterocycles. The second-order valence-corrected chi connectivity index (χ2v) is 8.97. The molecular weight excluding hydrogens is 436 g/mol. The van der Waals surface area contributed by atoms with Gasteiger partial charge < -0.3 is 4.74 Å². The number of amides is 1. The van der Waals surface area contributed by atoms with Gasteiger partial charge >= 0.3 is 11.3 Å². The molecule has 0 spiro atoms. The molecule has 7 nitrogen and oxygen atoms in total. The zero-order chi connectivity index (χ0) is 23.4. The van der Waals surface area contributed by atoms with Crippen molar-refractivity contribution in [3.05, 3.63) is 64.4 Å². The lowest BCUT2D eigenvalue weighted by molar-refractivity contribution is -0.763. The first-order chi connectivity index (χ1) is 16.0. The summed E-state index contributed by atoms with van der Waals surface area (Å²) in [5, 5.41) is 5.37. The Morgan fingerprint density at radius 3 is 2.61 bits per heavy atom. The smallest absolute Gasteiger partial charge is 0.325 e. The van der Waals surface area contributed by atoms with Crippen LogP contribution in [0.2, 0.25) is 0 Å². The number of ether oxygens (including phenoxy) is 1. The minimum Gasteiger partial charge on any atom is -0.494 e. The van der Waals surface area contributed by atoms with Gasteiger partial charge in [-0.1, -0.05) is 43.7 Å². The monoisotopic (exact) mass is 465 g/mol. The molecule has 1 atom stereocenters. The van der Waals surface area contributed by atoms with Gasteiger partial charge in [-0.05, 0) is 54.4 Å². The largest absolute Gasteiger partial charge is 0.494 e. The number of fused-ring (bicyclic) bond motifs is 3. The van der Waals surface area contributed by atoms with E-state index in [2.05, 4.69) is 11.9 Å². The fraction of sp³-hybridized carbons (Fsp3) is 0.360. The standard InChI is InChI=1S/C25H28N4O3S/c1-4-6-9-16-33-25-26-23(31)22-20-10-7-8-11-21(20)28(17(3)30)24(29(22)27-25)18-12-14-19(15-13-18)32-5-2/h7-8,10-15,24H,4-6,9,16H2,1-3H3/p+1/t24-/m0/s1. The summed E-state index contributed by atoms with van der Waals surface area (Å²) in [5.41, 5.74) is 2.45. The van der Waals surface area contributed by atoms with E-state index in [0.717, 1.165) is 36.3 Å². The number of anilines is 1. The normalized spacial score (nSPS) is 14.5. The van der Waals surface area contributed by atoms with Crippen LogP contribution in [-0.2, 0) is 4.79 Å². The van der Waals surface area contributed by atoms with Crippen molar-refractivity contribution in [1.29, 1.82) is 0 Å². The molecule has 0 saturated heterocycles. The number of hydrogen-bond donors (Lipinski definition) is 1. The molecule has 33 heavy (non-hydrogen) atoms. The second-order valence-electron chi connectivity index (χ2n) is 7.89. The highest BCUT2D eigenvalue weighted by Gasteiger charge is 2.44. The minimum atomic E-state index is -0.583. The molecule has 0 aliphatic carbocycles. The van der Waals surface area contributed by atoms with Crippen LogP contribution in [0, 0.1) is 0 Å². The molecule has 0 unspecified atom stereocenters. The van der Waals surface area contributed by atoms with Gasteiger partial charge in [0.2, 0.25) is 11.1 Å². The number of aromatic amines is 1. The first-order valence-corrected chi connectivity index (χ1v) is 12.3. The number of nitrogens with zero attached hydrogens (tertiary/aromatic N) is 3. The highest BCUT2D eigenvalue weighted by Crippen LogP contribution is 2.37. The van der Waals surface area contributed by atoms with Crippen LogP contribution in [0.4, 0.5) is 5.69 Å². The van der Waals surface area contributed by atoms with E-state index in [1.54, 1.807) is 9.58 Å². The predicted octanol–water partition coefficient (Wildman–Crippen LogP) is 4.32. The molecule has 1 aromatic heterocycles. The molecule has 1 amide bonds. The number of benzene rings is 2. The van der Waals surface area contributed by atoms with Crippen molar-refractivity contribution in [2.45, 2.75) is 51.4 Å². The number of nitrogens with one attached hydrogen (secondary N) is 1. The Labute approximate surface area is 197 Å². The van der Waals surface area contributed by atoms with E-state index in [1.807, 2.05) is 55.5 Å². The van der Waals surface area contributed by atoms with Gasteiger partial charge in [-0.25, -0.2) is 4.90 Å². The Hall–Kier alpha value is -3.13. The maximum absolute atomic E-state index is 13.3. The highest BCUT2D eigenvalue weighted by molar-refractivity contribution is 7.99. The van der Waals surface area contributed by atoms with Gasteiger partial charge in [-0.2, -0.15) is 0 Å². The van der Waals surface area contributed by atoms with Crippen LogP contribution in [0.15, 0.2) is 58.5 Å². The van der Waals surface area contributed by atoms with Crippen LogP contribution in [0.3, 0.4) is 0 Å². The number of para-hydroxylation sites is 1. The summed E-state index contributed by atoms with van der Waals surface area (Å²) < 4.78 is 7.28. The summed E-state index contributed by atoms with van der Waals surface area (Å²) in [7, 11) is 0. The van der Waals surface area contributed by atoms with Crippen molar-refractivity contribution in [1.82, 2.24) is 10.1 Å². The average Bonchev–Trinajstić information content (AvgIpc) is 2.81. The molecule has 3 aromatic rings. The number of carbonyl (C=O) groups is 1. The van der Waals surface area contributed by atoms with Gasteiger partial charge in [-0.15, -0.1) is 0 Å². The molecule has 2 heterocycles. The van der Waals surface area contributed by atoms with E-state index in [9.17, 15) is 9.59 Å². The number of carbonyl (C=O) groups excluding carboxylic acids is 1. The Morgan fingerprint density at radius 2 is 1.91 bits per heavy atom. The summed E-state index contributed by atoms with van der Waals surface area (Å²) in [6, 6.07) is 15.1. The highest BCUT2D eigenvalue weighted by atomic mass is 32.2.